The van der Waals surface area contributed by atoms with Gasteiger partial charge in [-0.3, -0.25) is 4.90 Å². The molecule has 0 N–H and O–H groups in total. The van der Waals surface area contributed by atoms with E-state index >= 15 is 0 Å². The standard InChI is InChI=1S/C21H27NO3/c1-13-8-17-16-11-20-19(24-12-25-20)9-14(16)5-7-22-6-3-4-15(21(17)22)10-18(13)23-2/h9-11,13,15,17,21H,3-8,12H2,1-2H3. The molecule has 1 saturated heterocycles. The molecule has 4 aliphatic rings. The number of hydrogen-bond acceptors (Lipinski definition) is 4. The molecule has 0 saturated carbocycles. The lowest BCUT2D eigenvalue weighted by atomic mass is 9.76. The fourth-order valence-corrected chi connectivity index (χ4v) is 5.53. The Morgan fingerprint density at radius 2 is 2.00 bits per heavy atom. The van der Waals surface area contributed by atoms with Crippen LogP contribution in [0.1, 0.15) is 43.2 Å². The Bertz CT molecular complexity index is 713. The van der Waals surface area contributed by atoms with Gasteiger partial charge in [0.25, 0.3) is 0 Å². The third-order valence-corrected chi connectivity index (χ3v) is 6.66. The van der Waals surface area contributed by atoms with Gasteiger partial charge in [-0.15, -0.1) is 0 Å². The van der Waals surface area contributed by atoms with Gasteiger partial charge < -0.3 is 14.2 Å². The van der Waals surface area contributed by atoms with Crippen LogP contribution < -0.4 is 9.47 Å². The number of piperidine rings is 1. The molecule has 4 atom stereocenters. The molecular weight excluding hydrogens is 314 g/mol. The molecule has 1 aromatic rings. The molecule has 4 heteroatoms. The van der Waals surface area contributed by atoms with Gasteiger partial charge in [0.15, 0.2) is 11.5 Å². The third-order valence-electron chi connectivity index (χ3n) is 6.66. The predicted molar refractivity (Wildman–Crippen MR) is 96.0 cm³/mol. The van der Waals surface area contributed by atoms with Crippen molar-refractivity contribution in [2.75, 3.05) is 27.0 Å². The first-order valence-electron chi connectivity index (χ1n) is 9.66. The lowest BCUT2D eigenvalue weighted by Gasteiger charge is -2.42. The number of hydrogen-bond donors (Lipinski definition) is 0. The first kappa shape index (κ1) is 15.6. The molecular formula is C21H27NO3. The van der Waals surface area contributed by atoms with Gasteiger partial charge in [-0.1, -0.05) is 6.92 Å². The van der Waals surface area contributed by atoms with Crippen molar-refractivity contribution in [2.45, 2.75) is 44.6 Å². The topological polar surface area (TPSA) is 30.9 Å². The average Bonchev–Trinajstić information content (AvgIpc) is 2.96. The molecule has 1 fully saturated rings. The molecule has 4 nitrogen and oxygen atoms in total. The monoisotopic (exact) mass is 341 g/mol. The third kappa shape index (κ3) is 2.45. The second kappa shape index (κ2) is 5.94. The van der Waals surface area contributed by atoms with E-state index in [0.717, 1.165) is 30.9 Å². The summed E-state index contributed by atoms with van der Waals surface area (Å²) in [7, 11) is 1.83. The van der Waals surface area contributed by atoms with Gasteiger partial charge in [-0.2, -0.15) is 0 Å². The van der Waals surface area contributed by atoms with Crippen LogP contribution in [0.2, 0.25) is 0 Å². The SMILES string of the molecule is COC1=CC2CCCN3CCc4cc5c(cc4C(CC1C)C23)OCO5. The van der Waals surface area contributed by atoms with E-state index in [9.17, 15) is 0 Å². The number of fused-ring (bicyclic) bond motifs is 3. The maximum absolute atomic E-state index is 5.77. The quantitative estimate of drug-likeness (QED) is 0.779. The zero-order chi connectivity index (χ0) is 17.0. The van der Waals surface area contributed by atoms with Gasteiger partial charge >= 0.3 is 0 Å². The van der Waals surface area contributed by atoms with Crippen LogP contribution >= 0.6 is 0 Å². The van der Waals surface area contributed by atoms with Crippen LogP contribution in [0.3, 0.4) is 0 Å². The molecule has 134 valence electrons. The van der Waals surface area contributed by atoms with Crippen LogP contribution in [0.4, 0.5) is 0 Å². The summed E-state index contributed by atoms with van der Waals surface area (Å²) in [5.74, 6) is 4.62. The summed E-state index contributed by atoms with van der Waals surface area (Å²) in [6, 6.07) is 5.11. The van der Waals surface area contributed by atoms with E-state index in [0.29, 0.717) is 30.6 Å². The van der Waals surface area contributed by atoms with Gasteiger partial charge in [-0.05, 0) is 67.5 Å². The Labute approximate surface area is 149 Å². The lowest BCUT2D eigenvalue weighted by molar-refractivity contribution is 0.0966. The minimum atomic E-state index is 0.354. The molecule has 1 aromatic carbocycles. The minimum absolute atomic E-state index is 0.354. The van der Waals surface area contributed by atoms with E-state index in [1.165, 1.54) is 36.3 Å². The van der Waals surface area contributed by atoms with Crippen LogP contribution in [0.5, 0.6) is 11.5 Å². The van der Waals surface area contributed by atoms with Gasteiger partial charge in [0.2, 0.25) is 6.79 Å². The minimum Gasteiger partial charge on any atom is -0.501 e. The molecule has 0 amide bonds. The van der Waals surface area contributed by atoms with Crippen LogP contribution in [-0.2, 0) is 11.2 Å². The molecule has 3 aliphatic heterocycles. The smallest absolute Gasteiger partial charge is 0.231 e. The second-order valence-electron chi connectivity index (χ2n) is 8.00. The van der Waals surface area contributed by atoms with Crippen molar-refractivity contribution in [3.8, 4) is 11.5 Å². The largest absolute Gasteiger partial charge is 0.501 e. The fraction of sp³-hybridized carbons (Fsp3) is 0.619. The van der Waals surface area contributed by atoms with E-state index in [-0.39, 0.29) is 0 Å². The van der Waals surface area contributed by atoms with Crippen LogP contribution in [0, 0.1) is 11.8 Å². The number of benzene rings is 1. The lowest BCUT2D eigenvalue weighted by Crippen LogP contribution is -2.47. The second-order valence-corrected chi connectivity index (χ2v) is 8.00. The van der Waals surface area contributed by atoms with Crippen molar-refractivity contribution in [2.24, 2.45) is 11.8 Å². The van der Waals surface area contributed by atoms with Gasteiger partial charge in [-0.25, -0.2) is 0 Å². The summed E-state index contributed by atoms with van der Waals surface area (Å²) in [6.07, 6.45) is 7.26. The van der Waals surface area contributed by atoms with Crippen molar-refractivity contribution >= 4 is 0 Å². The maximum atomic E-state index is 5.77. The molecule has 0 spiro atoms. The van der Waals surface area contributed by atoms with E-state index < -0.39 is 0 Å². The Hall–Kier alpha value is -1.68. The Balaban J connectivity index is 1.63. The highest BCUT2D eigenvalue weighted by molar-refractivity contribution is 5.51. The zero-order valence-electron chi connectivity index (χ0n) is 15.2. The molecule has 4 unspecified atom stereocenters. The molecule has 0 bridgehead atoms. The van der Waals surface area contributed by atoms with E-state index in [1.54, 1.807) is 0 Å². The maximum Gasteiger partial charge on any atom is 0.231 e. The van der Waals surface area contributed by atoms with Crippen LogP contribution in [-0.4, -0.2) is 37.9 Å². The van der Waals surface area contributed by atoms with Crippen molar-refractivity contribution < 1.29 is 14.2 Å². The number of rotatable bonds is 1. The van der Waals surface area contributed by atoms with Crippen molar-refractivity contribution in [1.82, 2.24) is 4.90 Å². The molecule has 5 rings (SSSR count). The van der Waals surface area contributed by atoms with Crippen LogP contribution in [0.25, 0.3) is 0 Å². The predicted octanol–water partition coefficient (Wildman–Crippen LogP) is 3.71. The summed E-state index contributed by atoms with van der Waals surface area (Å²) in [4.78, 5) is 2.74. The summed E-state index contributed by atoms with van der Waals surface area (Å²) in [5, 5.41) is 0. The summed E-state index contributed by atoms with van der Waals surface area (Å²) >= 11 is 0. The van der Waals surface area contributed by atoms with Gasteiger partial charge in [0.05, 0.1) is 12.9 Å². The molecule has 1 aliphatic carbocycles. The van der Waals surface area contributed by atoms with Crippen molar-refractivity contribution in [3.63, 3.8) is 0 Å². The van der Waals surface area contributed by atoms with Crippen molar-refractivity contribution in [1.29, 1.82) is 0 Å². The first-order valence-corrected chi connectivity index (χ1v) is 9.66. The zero-order valence-corrected chi connectivity index (χ0v) is 15.2. The summed E-state index contributed by atoms with van der Waals surface area (Å²) in [5.41, 5.74) is 2.94. The van der Waals surface area contributed by atoms with Gasteiger partial charge in [0, 0.05) is 24.4 Å². The fourth-order valence-electron chi connectivity index (χ4n) is 5.53. The highest BCUT2D eigenvalue weighted by atomic mass is 16.7. The number of methoxy groups -OCH3 is 1. The first-order chi connectivity index (χ1) is 12.2. The summed E-state index contributed by atoms with van der Waals surface area (Å²) in [6.45, 7) is 5.04. The van der Waals surface area contributed by atoms with Crippen LogP contribution in [0.15, 0.2) is 24.0 Å². The molecule has 25 heavy (non-hydrogen) atoms. The Kier molecular flexibility index (Phi) is 3.70. The highest BCUT2D eigenvalue weighted by Gasteiger charge is 2.43. The van der Waals surface area contributed by atoms with E-state index in [2.05, 4.69) is 30.0 Å². The number of nitrogens with zero attached hydrogens (tertiary/aromatic N) is 1. The number of ether oxygens (including phenoxy) is 3. The molecule has 0 aromatic heterocycles. The average molecular weight is 341 g/mol. The highest BCUT2D eigenvalue weighted by Crippen LogP contribution is 2.48. The molecule has 0 radical (unpaired) electrons. The van der Waals surface area contributed by atoms with Crippen molar-refractivity contribution in [3.05, 3.63) is 35.1 Å². The Morgan fingerprint density at radius 1 is 1.16 bits per heavy atom. The number of allylic oxidation sites excluding steroid dienone is 1. The molecule has 3 heterocycles. The normalized spacial score (nSPS) is 33.6. The summed E-state index contributed by atoms with van der Waals surface area (Å²) < 4.78 is 17.1. The van der Waals surface area contributed by atoms with Gasteiger partial charge in [0.1, 0.15) is 0 Å². The Morgan fingerprint density at radius 3 is 2.84 bits per heavy atom. The van der Waals surface area contributed by atoms with E-state index in [1.807, 2.05) is 7.11 Å². The van der Waals surface area contributed by atoms with E-state index in [4.69, 9.17) is 14.2 Å².